The maximum atomic E-state index is 13.0. The van der Waals surface area contributed by atoms with Crippen LogP contribution in [0, 0.1) is 0 Å². The van der Waals surface area contributed by atoms with Gasteiger partial charge in [0, 0.05) is 44.3 Å². The molecule has 0 fully saturated rings. The van der Waals surface area contributed by atoms with Gasteiger partial charge in [0.1, 0.15) is 51.8 Å². The fourth-order valence-electron chi connectivity index (χ4n) is 6.65. The summed E-state index contributed by atoms with van der Waals surface area (Å²) >= 11 is 0. The van der Waals surface area contributed by atoms with Crippen molar-refractivity contribution in [3.63, 3.8) is 0 Å². The van der Waals surface area contributed by atoms with Crippen molar-refractivity contribution in [3.8, 4) is 45.6 Å². The van der Waals surface area contributed by atoms with Crippen LogP contribution in [0.5, 0.6) is 0 Å². The van der Waals surface area contributed by atoms with Crippen LogP contribution in [0.2, 0.25) is 0 Å². The minimum absolute atomic E-state index is 0. The second kappa shape index (κ2) is 15.2. The van der Waals surface area contributed by atoms with Crippen molar-refractivity contribution in [1.82, 2.24) is 39.9 Å². The molecule has 0 saturated carbocycles. The van der Waals surface area contributed by atoms with Gasteiger partial charge in [-0.2, -0.15) is 0 Å². The van der Waals surface area contributed by atoms with Gasteiger partial charge in [0.05, 0.1) is 31.2 Å². The van der Waals surface area contributed by atoms with Crippen LogP contribution < -0.4 is 34.5 Å². The first-order valence-electron chi connectivity index (χ1n) is 15.4. The van der Waals surface area contributed by atoms with Gasteiger partial charge in [0.15, 0.2) is 11.6 Å². The number of aromatic nitrogens is 8. The summed E-state index contributed by atoms with van der Waals surface area (Å²) in [5, 5.41) is -1.68. The Balaban J connectivity index is 0.00000195. The molecule has 9 rings (SSSR count). The van der Waals surface area contributed by atoms with E-state index in [4.69, 9.17) is 0 Å². The molecule has 1 N–H and O–H groups in total. The van der Waals surface area contributed by atoms with Gasteiger partial charge in [-0.05, 0) is 10.8 Å². The second-order valence-corrected chi connectivity index (χ2v) is 17.3. The van der Waals surface area contributed by atoms with Gasteiger partial charge >= 0.3 is 68.5 Å². The van der Waals surface area contributed by atoms with E-state index in [1.54, 1.807) is 60.7 Å². The van der Waals surface area contributed by atoms with Crippen LogP contribution in [0.25, 0.3) is 89.7 Å². The molecule has 0 unspecified atom stereocenters. The maximum Gasteiger partial charge on any atom is 2.00 e. The number of rotatable bonds is 4. The molecule has 0 atom stereocenters. The summed E-state index contributed by atoms with van der Waals surface area (Å²) in [4.78, 5) is 24.3. The molecule has 3 aromatic heterocycles. The van der Waals surface area contributed by atoms with E-state index >= 15 is 0 Å². The zero-order valence-electron chi connectivity index (χ0n) is 29.5. The largest absolute Gasteiger partial charge is 2.00 e. The molecule has 0 saturated heterocycles. The number of hydrogen-bond donors (Lipinski definition) is 1. The van der Waals surface area contributed by atoms with Gasteiger partial charge in [-0.3, -0.25) is 0 Å². The summed E-state index contributed by atoms with van der Waals surface area (Å²) in [7, 11) is -26.0. The summed E-state index contributed by atoms with van der Waals surface area (Å²) in [6.07, 6.45) is 0. The van der Waals surface area contributed by atoms with Crippen molar-refractivity contribution in [2.45, 2.75) is 19.6 Å². The van der Waals surface area contributed by atoms with Crippen LogP contribution >= 0.6 is 0 Å². The molecule has 27 heteroatoms. The van der Waals surface area contributed by atoms with Crippen molar-refractivity contribution < 1.29 is 120 Å². The third-order valence-corrected chi connectivity index (χ3v) is 12.8. The molecule has 282 valence electrons. The van der Waals surface area contributed by atoms with Gasteiger partial charge in [-0.15, -0.1) is 0 Å². The fraction of sp³-hybridized carbons (Fsp3) is 0. The number of nitrogens with zero attached hydrogens (tertiary/aromatic N) is 7. The Morgan fingerprint density at radius 2 is 0.712 bits per heavy atom. The quantitative estimate of drug-likeness (QED) is 0.165. The van der Waals surface area contributed by atoms with Gasteiger partial charge < -0.3 is 38.1 Å². The molecule has 20 nitrogen and oxygen atoms in total. The van der Waals surface area contributed by atoms with Crippen molar-refractivity contribution in [1.29, 1.82) is 0 Å². The number of nitrogens with one attached hydrogen (secondary N) is 1. The van der Waals surface area contributed by atoms with E-state index < -0.39 is 82.1 Å². The molecule has 0 amide bonds. The van der Waals surface area contributed by atoms with Gasteiger partial charge in [0.2, 0.25) is 0 Å². The number of aromatic amines is 1. The summed E-state index contributed by atoms with van der Waals surface area (Å²) in [6, 6.07) is 19.4. The Morgan fingerprint density at radius 1 is 0.424 bits per heavy atom. The molecular weight excluding hydrogens is 970 g/mol. The molecule has 5 heterocycles. The van der Waals surface area contributed by atoms with Crippen molar-refractivity contribution in [2.24, 2.45) is 0 Å². The maximum absolute atomic E-state index is 13.0. The zero-order chi connectivity index (χ0) is 39.7. The molecule has 2 aliphatic rings. The van der Waals surface area contributed by atoms with Crippen molar-refractivity contribution in [2.75, 3.05) is 0 Å². The number of hydrogen-bond acceptors (Lipinski definition) is 18. The first kappa shape index (κ1) is 44.7. The molecular formula is C32H13N8NaO12S4Zn2. The Morgan fingerprint density at radius 3 is 1.02 bits per heavy atom. The third-order valence-electron chi connectivity index (χ3n) is 8.75. The fourth-order valence-corrected chi connectivity index (χ4v) is 11.5. The van der Waals surface area contributed by atoms with E-state index in [1.807, 2.05) is 0 Å². The summed E-state index contributed by atoms with van der Waals surface area (Å²) in [5.41, 5.74) is -0.617. The van der Waals surface area contributed by atoms with E-state index in [1.165, 1.54) is 12.1 Å². The van der Waals surface area contributed by atoms with Gasteiger partial charge in [0.25, 0.3) is 0 Å². The van der Waals surface area contributed by atoms with E-state index in [9.17, 15) is 51.9 Å². The molecule has 7 aromatic rings. The number of H-pyrrole nitrogens is 1. The molecule has 59 heavy (non-hydrogen) atoms. The Hall–Kier alpha value is -3.87. The van der Waals surface area contributed by atoms with E-state index in [0.29, 0.717) is 21.9 Å². The van der Waals surface area contributed by atoms with Crippen LogP contribution in [0.3, 0.4) is 0 Å². The molecule has 0 aliphatic carbocycles. The molecule has 4 aromatic carbocycles. The van der Waals surface area contributed by atoms with Crippen LogP contribution in [0.15, 0.2) is 92.4 Å². The average Bonchev–Trinajstić information content (AvgIpc) is 3.84. The van der Waals surface area contributed by atoms with Crippen LogP contribution in [0.4, 0.5) is 0 Å². The standard InChI is InChI=1S/C32H17N8O12S4.Na.2Zn/c41-53(42,43)21-19-20(22(54(44,45)46)24(56(50,51)52)23(21)55(47,48)49)32-39-30-18-12-6-4-10-16(18)28(37-30)35-26-14-8-2-1-7-13(14)25(33-26)34-27-15-9-3-5-11-17(15)29(36-27)38-31(19)40-32;;;/h1-12H,(H5-,33,34,35,36,37,38,39,40,41,42,43,44,45,46,47,48,49,50,51,52);;;/q-1;+1;2*+2/p-4. The topological polar surface area (TPSA) is 336 Å². The SMILES string of the molecule is O=S(=O)([O-])c1c(S(=O)(=O)[O-])c(S(=O)(=O)[O-])c2c3nc4nc(nc5[n-]c(nc6nc(nc([nH]3)c2c1S(=O)(=O)[O-])-c1ccccc1-6)c1ccccc51)-c1ccccc1-4.[Na+].[Zn+2].[Zn+2]. The predicted molar refractivity (Wildman–Crippen MR) is 187 cm³/mol. The Bertz CT molecular complexity index is 3400. The number of fused-ring (bicyclic) bond motifs is 20. The second-order valence-electron chi connectivity index (χ2n) is 12.1. The molecule has 2 aliphatic heterocycles. The predicted octanol–water partition coefficient (Wildman–Crippen LogP) is -0.886. The zero-order valence-corrected chi connectivity index (χ0v) is 40.7. The minimum atomic E-state index is -6.60. The summed E-state index contributed by atoms with van der Waals surface area (Å²) < 4.78 is 154. The summed E-state index contributed by atoms with van der Waals surface area (Å²) in [5.74, 6) is -0.727. The molecule has 0 radical (unpaired) electrons. The van der Waals surface area contributed by atoms with Crippen LogP contribution in [-0.2, 0) is 79.4 Å². The Kier molecular flexibility index (Phi) is 11.5. The van der Waals surface area contributed by atoms with Crippen LogP contribution in [0.1, 0.15) is 0 Å². The van der Waals surface area contributed by atoms with Gasteiger partial charge in [-0.1, -0.05) is 72.8 Å². The van der Waals surface area contributed by atoms with E-state index in [2.05, 4.69) is 39.9 Å². The number of benzene rings is 4. The van der Waals surface area contributed by atoms with Gasteiger partial charge in [-0.25, -0.2) is 53.6 Å². The molecule has 0 spiro atoms. The van der Waals surface area contributed by atoms with E-state index in [0.717, 1.165) is 0 Å². The minimum Gasteiger partial charge on any atom is -0.744 e. The normalized spacial score (nSPS) is 12.5. The monoisotopic (exact) mass is 980 g/mol. The first-order chi connectivity index (χ1) is 26.3. The third kappa shape index (κ3) is 7.38. The van der Waals surface area contributed by atoms with Crippen LogP contribution in [-0.4, -0.2) is 86.8 Å². The first-order valence-corrected chi connectivity index (χ1v) is 21.1. The Labute approximate surface area is 379 Å². The van der Waals surface area contributed by atoms with E-state index in [-0.39, 0.29) is 114 Å². The van der Waals surface area contributed by atoms with Crippen molar-refractivity contribution >= 4 is 84.6 Å². The smallest absolute Gasteiger partial charge is 0.744 e. The molecule has 8 bridgehead atoms. The van der Waals surface area contributed by atoms with Crippen molar-refractivity contribution in [3.05, 3.63) is 72.8 Å². The summed E-state index contributed by atoms with van der Waals surface area (Å²) in [6.45, 7) is 0. The average molecular weight is 984 g/mol.